The maximum absolute atomic E-state index is 0. The summed E-state index contributed by atoms with van der Waals surface area (Å²) in [5.41, 5.74) is 0. The van der Waals surface area contributed by atoms with Gasteiger partial charge < -0.3 is 64.1 Å². The summed E-state index contributed by atoms with van der Waals surface area (Å²) in [6.45, 7) is 0. The van der Waals surface area contributed by atoms with E-state index in [2.05, 4.69) is 0 Å². The van der Waals surface area contributed by atoms with Crippen molar-refractivity contribution in [1.29, 1.82) is 0 Å². The monoisotopic (exact) mass is 743 g/mol. The molecule has 0 saturated heterocycles. The quantitative estimate of drug-likeness (QED) is 0.236. The van der Waals surface area contributed by atoms with Gasteiger partial charge in [0.05, 0.1) is 0 Å². The SMILES string of the molecule is [CH3-].[CH3-].[NH2-].[NH2-].[NH2-].[NH2-].[NH2-].[NH2-].[NH2-].[NH2-].[Pt+4].[Pt].[Pt]. The van der Waals surface area contributed by atoms with Crippen LogP contribution in [0.4, 0.5) is 0 Å². The fourth-order valence-electron chi connectivity index (χ4n) is 0. The maximum atomic E-state index is 0. The Morgan fingerprint density at radius 3 is 0.308 bits per heavy atom. The molecule has 0 bridgehead atoms. The Hall–Kier alpha value is 1.74. The summed E-state index contributed by atoms with van der Waals surface area (Å²) in [5, 5.41) is 0. The summed E-state index contributed by atoms with van der Waals surface area (Å²) in [4.78, 5) is 0. The van der Waals surface area contributed by atoms with Crippen LogP contribution in [-0.2, 0) is 63.2 Å². The van der Waals surface area contributed by atoms with Crippen molar-refractivity contribution in [2.24, 2.45) is 0 Å². The van der Waals surface area contributed by atoms with Crippen LogP contribution < -0.4 is 0 Å². The fraction of sp³-hybridized carbons (Fsp3) is 0. The molecule has 0 aliphatic heterocycles. The molecule has 0 aliphatic rings. The van der Waals surface area contributed by atoms with Crippen molar-refractivity contribution in [2.45, 2.75) is 0 Å². The second kappa shape index (κ2) is 733. The van der Waals surface area contributed by atoms with Gasteiger partial charge in [-0.1, -0.05) is 0 Å². The minimum atomic E-state index is 0. The van der Waals surface area contributed by atoms with E-state index in [0.29, 0.717) is 0 Å². The molecule has 0 fully saturated rings. The van der Waals surface area contributed by atoms with Gasteiger partial charge in [-0.15, -0.1) is 0 Å². The van der Waals surface area contributed by atoms with Crippen LogP contribution >= 0.6 is 0 Å². The maximum Gasteiger partial charge on any atom is 4.00 e. The number of hydrogen-bond donors (Lipinski definition) is 0. The molecule has 0 aliphatic carbocycles. The van der Waals surface area contributed by atoms with Crippen LogP contribution in [0, 0.1) is 14.9 Å². The van der Waals surface area contributed by atoms with E-state index < -0.39 is 0 Å². The van der Waals surface area contributed by atoms with E-state index in [1.54, 1.807) is 0 Å². The van der Waals surface area contributed by atoms with Gasteiger partial charge in [0, 0.05) is 42.1 Å². The van der Waals surface area contributed by atoms with Crippen LogP contribution in [0.3, 0.4) is 0 Å². The van der Waals surface area contributed by atoms with Gasteiger partial charge in [0.1, 0.15) is 0 Å². The zero-order chi connectivity index (χ0) is 0. The zero-order valence-electron chi connectivity index (χ0n) is 7.57. The van der Waals surface area contributed by atoms with E-state index in [9.17, 15) is 0 Å². The van der Waals surface area contributed by atoms with Gasteiger partial charge in [0.15, 0.2) is 0 Å². The van der Waals surface area contributed by atoms with Crippen molar-refractivity contribution >= 4 is 0 Å². The largest absolute Gasteiger partial charge is 4.00 e. The third-order valence-electron chi connectivity index (χ3n) is 0. The molecule has 16 N–H and O–H groups in total. The average Bonchev–Trinajstić information content (AvgIpc) is 0. The van der Waals surface area contributed by atoms with Crippen molar-refractivity contribution in [3.05, 3.63) is 64.1 Å². The van der Waals surface area contributed by atoms with Crippen LogP contribution in [0.1, 0.15) is 0 Å². The molecule has 0 spiro atoms. The first-order valence-electron chi connectivity index (χ1n) is 0. The van der Waals surface area contributed by atoms with E-state index in [4.69, 9.17) is 0 Å². The molecule has 0 aromatic carbocycles. The van der Waals surface area contributed by atoms with Crippen molar-refractivity contribution in [2.75, 3.05) is 0 Å². The fourth-order valence-corrected chi connectivity index (χ4v) is 0. The van der Waals surface area contributed by atoms with Crippen LogP contribution in [0.5, 0.6) is 0 Å². The standard InChI is InChI=1S/2CH3.8H2N.3Pt/h2*1H3;8*1H2;;;/q10*-1;;;+4. The van der Waals surface area contributed by atoms with E-state index in [1.165, 1.54) is 0 Å². The van der Waals surface area contributed by atoms with E-state index in [0.717, 1.165) is 0 Å². The molecule has 8 nitrogen and oxygen atoms in total. The molecule has 11 heteroatoms. The van der Waals surface area contributed by atoms with Gasteiger partial charge in [-0.25, -0.2) is 0 Å². The molecule has 13 heavy (non-hydrogen) atoms. The number of nitrogens with two attached hydrogens (primary N) is 8. The average molecular weight is 743 g/mol. The van der Waals surface area contributed by atoms with Crippen molar-refractivity contribution in [3.8, 4) is 0 Å². The van der Waals surface area contributed by atoms with Crippen molar-refractivity contribution < 1.29 is 63.2 Å². The van der Waals surface area contributed by atoms with Gasteiger partial charge in [-0.2, -0.15) is 0 Å². The van der Waals surface area contributed by atoms with E-state index in [1.807, 2.05) is 0 Å². The van der Waals surface area contributed by atoms with E-state index in [-0.39, 0.29) is 127 Å². The van der Waals surface area contributed by atoms with Gasteiger partial charge >= 0.3 is 21.1 Å². The Kier molecular flexibility index (Phi) is 51600. The summed E-state index contributed by atoms with van der Waals surface area (Å²) in [5.74, 6) is 0. The number of rotatable bonds is 0. The van der Waals surface area contributed by atoms with Crippen LogP contribution in [0.15, 0.2) is 0 Å². The predicted octanol–water partition coefficient (Wildman–Crippen LogP) is 6.63. The van der Waals surface area contributed by atoms with Gasteiger partial charge in [0.2, 0.25) is 0 Å². The molecular formula is C2H22N8Pt3-6. The third-order valence-corrected chi connectivity index (χ3v) is 0. The van der Waals surface area contributed by atoms with Crippen molar-refractivity contribution in [1.82, 2.24) is 0 Å². The van der Waals surface area contributed by atoms with Gasteiger partial charge in [0.25, 0.3) is 0 Å². The molecule has 0 amide bonds. The first kappa shape index (κ1) is 915. The molecule has 0 atom stereocenters. The summed E-state index contributed by atoms with van der Waals surface area (Å²) in [7, 11) is 0. The Bertz CT molecular complexity index is 17.4. The minimum Gasteiger partial charge on any atom is -0.693 e. The summed E-state index contributed by atoms with van der Waals surface area (Å²) in [6, 6.07) is 0. The predicted molar refractivity (Wildman–Crippen MR) is 55.1 cm³/mol. The van der Waals surface area contributed by atoms with Gasteiger partial charge in [-0.3, -0.25) is 0 Å². The van der Waals surface area contributed by atoms with E-state index >= 15 is 0 Å². The van der Waals surface area contributed by atoms with Crippen LogP contribution in [0.25, 0.3) is 49.2 Å². The molecule has 0 radical (unpaired) electrons. The normalized spacial score (nSPS) is 0. The summed E-state index contributed by atoms with van der Waals surface area (Å²) < 4.78 is 0. The molecule has 0 aromatic heterocycles. The first-order chi connectivity index (χ1) is 0. The Balaban J connectivity index is 0. The molecule has 106 valence electrons. The molecule has 0 unspecified atom stereocenters. The number of hydrogen-bond acceptors (Lipinski definition) is 0. The first-order valence-corrected chi connectivity index (χ1v) is 0. The zero-order valence-corrected chi connectivity index (χ0v) is 14.4. The van der Waals surface area contributed by atoms with Crippen LogP contribution in [0.2, 0.25) is 0 Å². The second-order valence-electron chi connectivity index (χ2n) is 0. The Morgan fingerprint density at radius 1 is 0.308 bits per heavy atom. The van der Waals surface area contributed by atoms with Crippen molar-refractivity contribution in [3.63, 3.8) is 0 Å². The topological polar surface area (TPSA) is 268 Å². The molecule has 0 saturated carbocycles. The van der Waals surface area contributed by atoms with Crippen LogP contribution in [-0.4, -0.2) is 0 Å². The molecule has 0 rings (SSSR count). The Morgan fingerprint density at radius 2 is 0.308 bits per heavy atom. The smallest absolute Gasteiger partial charge is 0.693 e. The molecule has 0 aromatic rings. The minimum absolute atomic E-state index is 0. The summed E-state index contributed by atoms with van der Waals surface area (Å²) in [6.07, 6.45) is 0. The molecule has 0 heterocycles. The summed E-state index contributed by atoms with van der Waals surface area (Å²) >= 11 is 0. The molecular weight excluding hydrogens is 721 g/mol. The Labute approximate surface area is 126 Å². The van der Waals surface area contributed by atoms with Gasteiger partial charge in [-0.05, 0) is 0 Å². The second-order valence-corrected chi connectivity index (χ2v) is 0. The third kappa shape index (κ3) is 623.